The van der Waals surface area contributed by atoms with Gasteiger partial charge in [-0.15, -0.1) is 0 Å². The van der Waals surface area contributed by atoms with Gasteiger partial charge in [0.15, 0.2) is 0 Å². The van der Waals surface area contributed by atoms with Crippen molar-refractivity contribution in [3.05, 3.63) is 58.1 Å². The van der Waals surface area contributed by atoms with E-state index in [1.807, 2.05) is 39.0 Å². The van der Waals surface area contributed by atoms with Crippen molar-refractivity contribution in [2.45, 2.75) is 46.5 Å². The number of anilines is 2. The van der Waals surface area contributed by atoms with Gasteiger partial charge >= 0.3 is 0 Å². The van der Waals surface area contributed by atoms with Gasteiger partial charge in [-0.3, -0.25) is 14.4 Å². The molecule has 2 aliphatic rings. The number of fused-ring (bicyclic) bond motifs is 1. The zero-order valence-electron chi connectivity index (χ0n) is 19.3. The second-order valence-electron chi connectivity index (χ2n) is 9.23. The molecule has 2 aromatic carbocycles. The van der Waals surface area contributed by atoms with Gasteiger partial charge in [0.2, 0.25) is 17.7 Å². The fraction of sp³-hybridized carbons (Fsp3) is 0.423. The molecule has 1 N–H and O–H groups in total. The average Bonchev–Trinajstić information content (AvgIpc) is 3.35. The van der Waals surface area contributed by atoms with E-state index >= 15 is 0 Å². The molecule has 0 saturated carbocycles. The molecular weight excluding hydrogens is 402 g/mol. The first kappa shape index (κ1) is 22.1. The third-order valence-electron chi connectivity index (χ3n) is 6.57. The standard InChI is InChI=1S/C26H31N3O3/c1-16-10-17(2)25(18(3)11-16)27-23(30)15-28(4)26(32)21-13-24(31)29(14-21)22-9-8-19-6-5-7-20(19)12-22/h8-12,21H,5-7,13-15H2,1-4H3,(H,27,30). The smallest absolute Gasteiger partial charge is 0.243 e. The highest BCUT2D eigenvalue weighted by molar-refractivity contribution is 6.01. The number of nitrogens with one attached hydrogen (secondary N) is 1. The SMILES string of the molecule is Cc1cc(C)c(NC(=O)CN(C)C(=O)C2CC(=O)N(c3ccc4c(c3)CCC4)C2)c(C)c1. The Morgan fingerprint density at radius 1 is 1.06 bits per heavy atom. The van der Waals surface area contributed by atoms with Crippen molar-refractivity contribution in [2.24, 2.45) is 5.92 Å². The van der Waals surface area contributed by atoms with E-state index in [1.165, 1.54) is 16.0 Å². The molecule has 1 saturated heterocycles. The van der Waals surface area contributed by atoms with Gasteiger partial charge in [-0.1, -0.05) is 23.8 Å². The number of rotatable bonds is 5. The van der Waals surface area contributed by atoms with Gasteiger partial charge in [-0.05, 0) is 74.4 Å². The Bertz CT molecular complexity index is 1070. The lowest BCUT2D eigenvalue weighted by Crippen LogP contribution is -2.39. The van der Waals surface area contributed by atoms with Crippen LogP contribution in [0.15, 0.2) is 30.3 Å². The third-order valence-corrected chi connectivity index (χ3v) is 6.57. The number of carbonyl (C=O) groups is 3. The van der Waals surface area contributed by atoms with Crippen LogP contribution in [-0.4, -0.2) is 42.8 Å². The van der Waals surface area contributed by atoms with E-state index in [0.717, 1.165) is 47.3 Å². The minimum absolute atomic E-state index is 0.0370. The van der Waals surface area contributed by atoms with Crippen LogP contribution in [0, 0.1) is 26.7 Å². The molecule has 1 unspecified atom stereocenters. The highest BCUT2D eigenvalue weighted by Gasteiger charge is 2.37. The molecule has 1 aliphatic carbocycles. The minimum atomic E-state index is -0.434. The second kappa shape index (κ2) is 8.77. The van der Waals surface area contributed by atoms with Crippen LogP contribution in [0.4, 0.5) is 11.4 Å². The number of aryl methyl sites for hydroxylation is 5. The van der Waals surface area contributed by atoms with E-state index < -0.39 is 5.92 Å². The molecule has 0 bridgehead atoms. The maximum Gasteiger partial charge on any atom is 0.243 e. The molecule has 0 spiro atoms. The zero-order valence-corrected chi connectivity index (χ0v) is 19.3. The second-order valence-corrected chi connectivity index (χ2v) is 9.23. The monoisotopic (exact) mass is 433 g/mol. The van der Waals surface area contributed by atoms with Crippen LogP contribution in [0.25, 0.3) is 0 Å². The van der Waals surface area contributed by atoms with Gasteiger partial charge in [0, 0.05) is 31.4 Å². The van der Waals surface area contributed by atoms with Gasteiger partial charge in [-0.25, -0.2) is 0 Å². The van der Waals surface area contributed by atoms with Crippen molar-refractivity contribution in [3.8, 4) is 0 Å². The number of amides is 3. The van der Waals surface area contributed by atoms with Gasteiger partial charge in [-0.2, -0.15) is 0 Å². The molecule has 168 valence electrons. The van der Waals surface area contributed by atoms with Crippen LogP contribution < -0.4 is 10.2 Å². The van der Waals surface area contributed by atoms with E-state index in [1.54, 1.807) is 11.9 Å². The summed E-state index contributed by atoms with van der Waals surface area (Å²) in [5.41, 5.74) is 7.46. The molecule has 1 heterocycles. The molecule has 0 radical (unpaired) electrons. The average molecular weight is 434 g/mol. The molecule has 0 aromatic heterocycles. The molecule has 1 fully saturated rings. The van der Waals surface area contributed by atoms with Gasteiger partial charge < -0.3 is 15.1 Å². The van der Waals surface area contributed by atoms with Crippen molar-refractivity contribution in [1.82, 2.24) is 4.90 Å². The summed E-state index contributed by atoms with van der Waals surface area (Å²) in [7, 11) is 1.62. The Balaban J connectivity index is 1.38. The Kier molecular flexibility index (Phi) is 6.04. The predicted octanol–water partition coefficient (Wildman–Crippen LogP) is 3.55. The Morgan fingerprint density at radius 2 is 1.75 bits per heavy atom. The number of likely N-dealkylation sites (N-methyl/N-ethyl adjacent to an activating group) is 1. The molecule has 4 rings (SSSR count). The van der Waals surface area contributed by atoms with E-state index in [-0.39, 0.29) is 30.7 Å². The maximum absolute atomic E-state index is 13.0. The molecule has 6 nitrogen and oxygen atoms in total. The largest absolute Gasteiger partial charge is 0.336 e. The number of benzene rings is 2. The summed E-state index contributed by atoms with van der Waals surface area (Å²) in [6, 6.07) is 10.2. The first-order chi connectivity index (χ1) is 15.2. The van der Waals surface area contributed by atoms with Crippen molar-refractivity contribution >= 4 is 29.1 Å². The Labute approximate surface area is 189 Å². The van der Waals surface area contributed by atoms with Crippen LogP contribution in [0.1, 0.15) is 40.7 Å². The van der Waals surface area contributed by atoms with Crippen molar-refractivity contribution in [3.63, 3.8) is 0 Å². The molecule has 6 heteroatoms. The first-order valence-corrected chi connectivity index (χ1v) is 11.3. The van der Waals surface area contributed by atoms with E-state index in [9.17, 15) is 14.4 Å². The number of hydrogen-bond donors (Lipinski definition) is 1. The third kappa shape index (κ3) is 4.40. The van der Waals surface area contributed by atoms with Gasteiger partial charge in [0.25, 0.3) is 0 Å². The summed E-state index contributed by atoms with van der Waals surface area (Å²) in [4.78, 5) is 41.4. The van der Waals surface area contributed by atoms with E-state index in [4.69, 9.17) is 0 Å². The fourth-order valence-electron chi connectivity index (χ4n) is 5.01. The van der Waals surface area contributed by atoms with Crippen molar-refractivity contribution < 1.29 is 14.4 Å². The summed E-state index contributed by atoms with van der Waals surface area (Å²) in [5.74, 6) is -0.883. The number of hydrogen-bond acceptors (Lipinski definition) is 3. The summed E-state index contributed by atoms with van der Waals surface area (Å²) < 4.78 is 0. The van der Waals surface area contributed by atoms with Crippen LogP contribution in [0.5, 0.6) is 0 Å². The molecule has 1 atom stereocenters. The summed E-state index contributed by atoms with van der Waals surface area (Å²) in [6.45, 7) is 6.26. The topological polar surface area (TPSA) is 69.7 Å². The molecule has 32 heavy (non-hydrogen) atoms. The van der Waals surface area contributed by atoms with Crippen molar-refractivity contribution in [1.29, 1.82) is 0 Å². The molecule has 2 aromatic rings. The summed E-state index contributed by atoms with van der Waals surface area (Å²) >= 11 is 0. The van der Waals surface area contributed by atoms with Crippen LogP contribution in [-0.2, 0) is 27.2 Å². The lowest BCUT2D eigenvalue weighted by Gasteiger charge is -2.22. The van der Waals surface area contributed by atoms with Crippen LogP contribution in [0.3, 0.4) is 0 Å². The highest BCUT2D eigenvalue weighted by atomic mass is 16.2. The molecular formula is C26H31N3O3. The van der Waals surface area contributed by atoms with Crippen molar-refractivity contribution in [2.75, 3.05) is 30.4 Å². The maximum atomic E-state index is 13.0. The molecule has 1 aliphatic heterocycles. The minimum Gasteiger partial charge on any atom is -0.336 e. The molecule has 3 amide bonds. The fourth-order valence-corrected chi connectivity index (χ4v) is 5.01. The number of carbonyl (C=O) groups excluding carboxylic acids is 3. The van der Waals surface area contributed by atoms with E-state index in [2.05, 4.69) is 17.4 Å². The quantitative estimate of drug-likeness (QED) is 0.784. The van der Waals surface area contributed by atoms with E-state index in [0.29, 0.717) is 6.54 Å². The number of nitrogens with zero attached hydrogens (tertiary/aromatic N) is 2. The summed E-state index contributed by atoms with van der Waals surface area (Å²) in [5, 5.41) is 2.94. The normalized spacial score (nSPS) is 17.4. The van der Waals surface area contributed by atoms with Gasteiger partial charge in [0.1, 0.15) is 0 Å². The lowest BCUT2D eigenvalue weighted by molar-refractivity contribution is -0.137. The Morgan fingerprint density at radius 3 is 2.47 bits per heavy atom. The summed E-state index contributed by atoms with van der Waals surface area (Å²) in [6.07, 6.45) is 3.48. The highest BCUT2D eigenvalue weighted by Crippen LogP contribution is 2.31. The van der Waals surface area contributed by atoms with Crippen LogP contribution >= 0.6 is 0 Å². The lowest BCUT2D eigenvalue weighted by atomic mass is 10.0. The Hall–Kier alpha value is -3.15. The van der Waals surface area contributed by atoms with Crippen LogP contribution in [0.2, 0.25) is 0 Å². The predicted molar refractivity (Wildman–Crippen MR) is 126 cm³/mol. The first-order valence-electron chi connectivity index (χ1n) is 11.3. The van der Waals surface area contributed by atoms with Gasteiger partial charge in [0.05, 0.1) is 12.5 Å². The zero-order chi connectivity index (χ0) is 23.0.